The van der Waals surface area contributed by atoms with Gasteiger partial charge in [-0.25, -0.2) is 4.98 Å². The summed E-state index contributed by atoms with van der Waals surface area (Å²) in [6.07, 6.45) is 5.87. The second-order valence-electron chi connectivity index (χ2n) is 5.30. The van der Waals surface area contributed by atoms with Gasteiger partial charge in [0.05, 0.1) is 4.92 Å². The van der Waals surface area contributed by atoms with Crippen LogP contribution in [0, 0.1) is 17.0 Å². The van der Waals surface area contributed by atoms with Crippen molar-refractivity contribution in [3.63, 3.8) is 0 Å². The molecule has 0 radical (unpaired) electrons. The summed E-state index contributed by atoms with van der Waals surface area (Å²) >= 11 is 0. The van der Waals surface area contributed by atoms with Gasteiger partial charge in [-0.3, -0.25) is 10.1 Å². The van der Waals surface area contributed by atoms with Crippen LogP contribution in [0.2, 0.25) is 0 Å². The summed E-state index contributed by atoms with van der Waals surface area (Å²) in [7, 11) is 0. The summed E-state index contributed by atoms with van der Waals surface area (Å²) in [5, 5.41) is 11.1. The first kappa shape index (κ1) is 13.5. The first-order valence-electron chi connectivity index (χ1n) is 7.05. The van der Waals surface area contributed by atoms with Crippen LogP contribution in [-0.2, 0) is 12.8 Å². The molecule has 0 bridgehead atoms. The SMILES string of the molecule is Cc1cnc(Oc2cccc3c2CCCC3)c([N+](=O)[O-])c1. The van der Waals surface area contributed by atoms with Gasteiger partial charge in [0, 0.05) is 12.3 Å². The number of hydrogen-bond acceptors (Lipinski definition) is 4. The van der Waals surface area contributed by atoms with E-state index in [1.54, 1.807) is 13.1 Å². The zero-order valence-electron chi connectivity index (χ0n) is 11.8. The van der Waals surface area contributed by atoms with Gasteiger partial charge >= 0.3 is 5.69 Å². The van der Waals surface area contributed by atoms with Gasteiger partial charge < -0.3 is 4.74 Å². The number of nitrogens with zero attached hydrogens (tertiary/aromatic N) is 2. The van der Waals surface area contributed by atoms with E-state index < -0.39 is 4.92 Å². The molecule has 0 N–H and O–H groups in total. The minimum Gasteiger partial charge on any atom is -0.433 e. The maximum atomic E-state index is 11.1. The molecular formula is C16H16N2O3. The van der Waals surface area contributed by atoms with Gasteiger partial charge in [-0.2, -0.15) is 0 Å². The van der Waals surface area contributed by atoms with E-state index in [2.05, 4.69) is 11.1 Å². The van der Waals surface area contributed by atoms with Crippen molar-refractivity contribution in [2.75, 3.05) is 0 Å². The van der Waals surface area contributed by atoms with Crippen LogP contribution in [0.25, 0.3) is 0 Å². The van der Waals surface area contributed by atoms with Crippen LogP contribution in [0.5, 0.6) is 11.6 Å². The number of fused-ring (bicyclic) bond motifs is 1. The molecule has 108 valence electrons. The van der Waals surface area contributed by atoms with E-state index in [1.165, 1.54) is 18.1 Å². The quantitative estimate of drug-likeness (QED) is 0.632. The van der Waals surface area contributed by atoms with Crippen molar-refractivity contribution in [1.29, 1.82) is 0 Å². The van der Waals surface area contributed by atoms with Crippen molar-refractivity contribution in [2.24, 2.45) is 0 Å². The summed E-state index contributed by atoms with van der Waals surface area (Å²) in [5.74, 6) is 0.747. The monoisotopic (exact) mass is 284 g/mol. The second kappa shape index (κ2) is 5.52. The fourth-order valence-electron chi connectivity index (χ4n) is 2.70. The highest BCUT2D eigenvalue weighted by Gasteiger charge is 2.20. The van der Waals surface area contributed by atoms with E-state index >= 15 is 0 Å². The number of nitro groups is 1. The third kappa shape index (κ3) is 2.72. The van der Waals surface area contributed by atoms with Gasteiger partial charge in [-0.1, -0.05) is 12.1 Å². The Labute approximate surface area is 122 Å². The van der Waals surface area contributed by atoms with E-state index in [4.69, 9.17) is 4.74 Å². The molecule has 1 aliphatic carbocycles. The number of aryl methyl sites for hydroxylation is 2. The first-order chi connectivity index (χ1) is 10.1. The number of ether oxygens (including phenoxy) is 1. The molecule has 1 aliphatic rings. The van der Waals surface area contributed by atoms with Crippen LogP contribution >= 0.6 is 0 Å². The Hall–Kier alpha value is -2.43. The first-order valence-corrected chi connectivity index (χ1v) is 7.05. The summed E-state index contributed by atoms with van der Waals surface area (Å²) < 4.78 is 5.77. The molecule has 21 heavy (non-hydrogen) atoms. The van der Waals surface area contributed by atoms with Gasteiger partial charge in [0.2, 0.25) is 0 Å². The van der Waals surface area contributed by atoms with Crippen molar-refractivity contribution < 1.29 is 9.66 Å². The predicted octanol–water partition coefficient (Wildman–Crippen LogP) is 3.97. The predicted molar refractivity (Wildman–Crippen MR) is 78.8 cm³/mol. The van der Waals surface area contributed by atoms with E-state index in [0.29, 0.717) is 5.75 Å². The van der Waals surface area contributed by atoms with E-state index in [1.807, 2.05) is 12.1 Å². The summed E-state index contributed by atoms with van der Waals surface area (Å²) in [6.45, 7) is 1.77. The normalized spacial score (nSPS) is 13.6. The van der Waals surface area contributed by atoms with E-state index in [-0.39, 0.29) is 11.6 Å². The molecule has 0 saturated carbocycles. The van der Waals surface area contributed by atoms with Crippen molar-refractivity contribution in [3.05, 3.63) is 57.3 Å². The molecule has 2 aromatic rings. The maximum absolute atomic E-state index is 11.1. The van der Waals surface area contributed by atoms with Gasteiger partial charge in [0.15, 0.2) is 0 Å². The molecule has 0 fully saturated rings. The van der Waals surface area contributed by atoms with Gasteiger partial charge in [-0.15, -0.1) is 0 Å². The van der Waals surface area contributed by atoms with E-state index in [9.17, 15) is 10.1 Å². The second-order valence-corrected chi connectivity index (χ2v) is 5.30. The lowest BCUT2D eigenvalue weighted by atomic mass is 9.91. The molecule has 0 amide bonds. The third-order valence-corrected chi connectivity index (χ3v) is 3.73. The van der Waals surface area contributed by atoms with Crippen molar-refractivity contribution in [2.45, 2.75) is 32.6 Å². The average molecular weight is 284 g/mol. The lowest BCUT2D eigenvalue weighted by Gasteiger charge is -2.18. The van der Waals surface area contributed by atoms with E-state index in [0.717, 1.165) is 30.4 Å². The van der Waals surface area contributed by atoms with Crippen LogP contribution in [0.4, 0.5) is 5.69 Å². The molecular weight excluding hydrogens is 268 g/mol. The van der Waals surface area contributed by atoms with Crippen molar-refractivity contribution >= 4 is 5.69 Å². The zero-order chi connectivity index (χ0) is 14.8. The minimum atomic E-state index is -0.454. The topological polar surface area (TPSA) is 65.3 Å². The van der Waals surface area contributed by atoms with Crippen molar-refractivity contribution in [3.8, 4) is 11.6 Å². The fraction of sp³-hybridized carbons (Fsp3) is 0.312. The molecule has 5 nitrogen and oxygen atoms in total. The molecule has 5 heteroatoms. The molecule has 3 rings (SSSR count). The van der Waals surface area contributed by atoms with Crippen LogP contribution in [0.3, 0.4) is 0 Å². The maximum Gasteiger partial charge on any atom is 0.331 e. The average Bonchev–Trinajstić information content (AvgIpc) is 2.49. The number of pyridine rings is 1. The molecule has 0 spiro atoms. The molecule has 0 saturated heterocycles. The Kier molecular flexibility index (Phi) is 3.56. The molecule has 0 atom stereocenters. The van der Waals surface area contributed by atoms with Crippen LogP contribution in [-0.4, -0.2) is 9.91 Å². The highest BCUT2D eigenvalue weighted by Crippen LogP contribution is 2.35. The summed E-state index contributed by atoms with van der Waals surface area (Å²) in [6, 6.07) is 7.37. The van der Waals surface area contributed by atoms with Crippen molar-refractivity contribution in [1.82, 2.24) is 4.98 Å². The fourth-order valence-corrected chi connectivity index (χ4v) is 2.70. The summed E-state index contributed by atoms with van der Waals surface area (Å²) in [5.41, 5.74) is 3.07. The number of hydrogen-bond donors (Lipinski definition) is 0. The van der Waals surface area contributed by atoms with Crippen LogP contribution in [0.1, 0.15) is 29.5 Å². The molecule has 1 aromatic carbocycles. The Morgan fingerprint density at radius 2 is 2.10 bits per heavy atom. The van der Waals surface area contributed by atoms with Gasteiger partial charge in [0.1, 0.15) is 5.75 Å². The standard InChI is InChI=1S/C16H16N2O3/c1-11-9-14(18(19)20)16(17-10-11)21-15-8-4-6-12-5-2-3-7-13(12)15/h4,6,8-10H,2-3,5,7H2,1H3. The third-order valence-electron chi connectivity index (χ3n) is 3.73. The van der Waals surface area contributed by atoms with Crippen LogP contribution < -0.4 is 4.74 Å². The summed E-state index contributed by atoms with van der Waals surface area (Å²) in [4.78, 5) is 14.8. The largest absolute Gasteiger partial charge is 0.433 e. The lowest BCUT2D eigenvalue weighted by molar-refractivity contribution is -0.386. The number of aromatic nitrogens is 1. The Bertz CT molecular complexity index is 698. The Morgan fingerprint density at radius 1 is 1.29 bits per heavy atom. The molecule has 0 aliphatic heterocycles. The Balaban J connectivity index is 2.00. The molecule has 1 heterocycles. The smallest absolute Gasteiger partial charge is 0.331 e. The number of benzene rings is 1. The highest BCUT2D eigenvalue weighted by molar-refractivity contribution is 5.48. The lowest BCUT2D eigenvalue weighted by Crippen LogP contribution is -2.05. The molecule has 1 aromatic heterocycles. The zero-order valence-corrected chi connectivity index (χ0v) is 11.8. The van der Waals surface area contributed by atoms with Crippen LogP contribution in [0.15, 0.2) is 30.5 Å². The molecule has 0 unspecified atom stereocenters. The number of rotatable bonds is 3. The van der Waals surface area contributed by atoms with Gasteiger partial charge in [-0.05, 0) is 55.4 Å². The highest BCUT2D eigenvalue weighted by atomic mass is 16.6. The van der Waals surface area contributed by atoms with Gasteiger partial charge in [0.25, 0.3) is 5.88 Å². The Morgan fingerprint density at radius 3 is 2.90 bits per heavy atom. The minimum absolute atomic E-state index is 0.0598.